The second-order valence-corrected chi connectivity index (χ2v) is 9.53. The maximum Gasteiger partial charge on any atom is 0.279 e. The van der Waals surface area contributed by atoms with E-state index in [-0.39, 0.29) is 10.8 Å². The van der Waals surface area contributed by atoms with Crippen molar-refractivity contribution in [3.8, 4) is 0 Å². The molecule has 1 fully saturated rings. The smallest absolute Gasteiger partial charge is 0.279 e. The zero-order valence-corrected chi connectivity index (χ0v) is 17.6. The van der Waals surface area contributed by atoms with E-state index in [1.807, 2.05) is 32.0 Å². The highest BCUT2D eigenvalue weighted by molar-refractivity contribution is 7.89. The molecule has 150 valence electrons. The molecule has 0 saturated carbocycles. The number of quaternary nitrogens is 1. The number of rotatable bonds is 5. The minimum atomic E-state index is -3.53. The molecule has 0 atom stereocenters. The van der Waals surface area contributed by atoms with Gasteiger partial charge in [-0.2, -0.15) is 4.31 Å². The van der Waals surface area contributed by atoms with Crippen LogP contribution >= 0.6 is 11.6 Å². The molecular weight excluding hydrogens is 398 g/mol. The summed E-state index contributed by atoms with van der Waals surface area (Å²) in [6.07, 6.45) is 0. The van der Waals surface area contributed by atoms with Gasteiger partial charge in [0.25, 0.3) is 5.91 Å². The van der Waals surface area contributed by atoms with E-state index in [0.717, 1.165) is 21.7 Å². The molecule has 0 unspecified atom stereocenters. The first-order chi connectivity index (χ1) is 13.3. The van der Waals surface area contributed by atoms with Crippen LogP contribution in [0.1, 0.15) is 11.1 Å². The highest BCUT2D eigenvalue weighted by atomic mass is 35.5. The number of sulfonamides is 1. The summed E-state index contributed by atoms with van der Waals surface area (Å²) in [6.45, 7) is 6.26. The molecular formula is C20H25ClN3O3S+. The van der Waals surface area contributed by atoms with Crippen molar-refractivity contribution < 1.29 is 18.1 Å². The van der Waals surface area contributed by atoms with E-state index in [0.29, 0.717) is 37.7 Å². The van der Waals surface area contributed by atoms with Crippen LogP contribution < -0.4 is 10.2 Å². The Kier molecular flexibility index (Phi) is 6.40. The molecule has 1 heterocycles. The molecule has 2 aromatic carbocycles. The minimum Gasteiger partial charge on any atom is -0.325 e. The summed E-state index contributed by atoms with van der Waals surface area (Å²) in [5, 5.41) is 3.46. The maximum absolute atomic E-state index is 12.7. The van der Waals surface area contributed by atoms with E-state index in [9.17, 15) is 13.2 Å². The van der Waals surface area contributed by atoms with Gasteiger partial charge < -0.3 is 10.2 Å². The van der Waals surface area contributed by atoms with E-state index in [4.69, 9.17) is 11.6 Å². The number of nitrogens with zero attached hydrogens (tertiary/aromatic N) is 1. The topological polar surface area (TPSA) is 70.9 Å². The molecule has 2 aromatic rings. The summed E-state index contributed by atoms with van der Waals surface area (Å²) in [5.74, 6) is -0.0593. The Balaban J connectivity index is 1.55. The van der Waals surface area contributed by atoms with Crippen LogP contribution in [0, 0.1) is 13.8 Å². The minimum absolute atomic E-state index is 0.0593. The van der Waals surface area contributed by atoms with Crippen molar-refractivity contribution in [2.24, 2.45) is 0 Å². The number of carbonyl (C=O) groups is 1. The molecule has 0 bridgehead atoms. The largest absolute Gasteiger partial charge is 0.325 e. The Morgan fingerprint density at radius 2 is 1.75 bits per heavy atom. The summed E-state index contributed by atoms with van der Waals surface area (Å²) in [5.41, 5.74) is 3.00. The van der Waals surface area contributed by atoms with Gasteiger partial charge in [0, 0.05) is 10.7 Å². The lowest BCUT2D eigenvalue weighted by atomic mass is 10.1. The monoisotopic (exact) mass is 422 g/mol. The summed E-state index contributed by atoms with van der Waals surface area (Å²) < 4.78 is 26.9. The number of anilines is 1. The fraction of sp³-hybridized carbons (Fsp3) is 0.350. The van der Waals surface area contributed by atoms with Crippen molar-refractivity contribution in [1.29, 1.82) is 0 Å². The van der Waals surface area contributed by atoms with Gasteiger partial charge in [-0.25, -0.2) is 8.42 Å². The first-order valence-corrected chi connectivity index (χ1v) is 11.0. The second-order valence-electron chi connectivity index (χ2n) is 7.15. The highest BCUT2D eigenvalue weighted by Crippen LogP contribution is 2.18. The van der Waals surface area contributed by atoms with Gasteiger partial charge >= 0.3 is 0 Å². The molecule has 1 amide bonds. The Labute approximate surface area is 171 Å². The zero-order valence-electron chi connectivity index (χ0n) is 16.0. The van der Waals surface area contributed by atoms with E-state index < -0.39 is 10.0 Å². The van der Waals surface area contributed by atoms with Crippen molar-refractivity contribution in [3.63, 3.8) is 0 Å². The number of nitrogens with one attached hydrogen (secondary N) is 2. The van der Waals surface area contributed by atoms with Gasteiger partial charge in [-0.3, -0.25) is 4.79 Å². The number of hydrogen-bond donors (Lipinski definition) is 2. The molecule has 3 rings (SSSR count). The fourth-order valence-corrected chi connectivity index (χ4v) is 4.92. The number of carbonyl (C=O) groups excluding carboxylic acids is 1. The maximum atomic E-state index is 12.7. The van der Waals surface area contributed by atoms with Crippen molar-refractivity contribution in [1.82, 2.24) is 4.31 Å². The van der Waals surface area contributed by atoms with Crippen LogP contribution in [-0.4, -0.2) is 51.4 Å². The molecule has 8 heteroatoms. The van der Waals surface area contributed by atoms with Crippen LogP contribution in [0.5, 0.6) is 0 Å². The third-order valence-corrected chi connectivity index (χ3v) is 7.11. The van der Waals surface area contributed by atoms with E-state index in [1.165, 1.54) is 16.4 Å². The SMILES string of the molecule is Cc1ccc(NC(=O)C[NH+]2CCN(S(=O)(=O)c3ccc(Cl)cc3)CC2)c(C)c1. The lowest BCUT2D eigenvalue weighted by Crippen LogP contribution is -3.15. The Morgan fingerprint density at radius 3 is 2.36 bits per heavy atom. The van der Waals surface area contributed by atoms with Crippen molar-refractivity contribution in [3.05, 3.63) is 58.6 Å². The molecule has 2 N–H and O–H groups in total. The van der Waals surface area contributed by atoms with Gasteiger partial charge in [-0.1, -0.05) is 29.3 Å². The summed E-state index contributed by atoms with van der Waals surface area (Å²) in [7, 11) is -3.53. The first kappa shape index (κ1) is 20.8. The molecule has 1 aliphatic heterocycles. The zero-order chi connectivity index (χ0) is 20.3. The van der Waals surface area contributed by atoms with Crippen LogP contribution in [0.15, 0.2) is 47.4 Å². The molecule has 0 aliphatic carbocycles. The molecule has 28 heavy (non-hydrogen) atoms. The van der Waals surface area contributed by atoms with E-state index >= 15 is 0 Å². The highest BCUT2D eigenvalue weighted by Gasteiger charge is 2.31. The van der Waals surface area contributed by atoms with Crippen LogP contribution in [-0.2, 0) is 14.8 Å². The standard InChI is InChI=1S/C20H24ClN3O3S/c1-15-3-8-19(16(2)13-15)22-20(25)14-23-9-11-24(12-10-23)28(26,27)18-6-4-17(21)5-7-18/h3-8,13H,9-12,14H2,1-2H3,(H,22,25)/p+1. The Hall–Kier alpha value is -1.93. The van der Waals surface area contributed by atoms with Crippen molar-refractivity contribution >= 4 is 33.2 Å². The van der Waals surface area contributed by atoms with E-state index in [1.54, 1.807) is 12.1 Å². The van der Waals surface area contributed by atoms with Gasteiger partial charge in [0.05, 0.1) is 31.1 Å². The van der Waals surface area contributed by atoms with Gasteiger partial charge in [0.15, 0.2) is 6.54 Å². The lowest BCUT2D eigenvalue weighted by molar-refractivity contribution is -0.895. The number of benzene rings is 2. The summed E-state index contributed by atoms with van der Waals surface area (Å²) in [4.78, 5) is 13.7. The lowest BCUT2D eigenvalue weighted by Gasteiger charge is -2.31. The Bertz CT molecular complexity index is 953. The number of aryl methyl sites for hydroxylation is 2. The molecule has 0 radical (unpaired) electrons. The third-order valence-electron chi connectivity index (χ3n) is 4.95. The van der Waals surface area contributed by atoms with Gasteiger partial charge in [0.2, 0.25) is 10.0 Å². The van der Waals surface area contributed by atoms with Crippen molar-refractivity contribution in [2.45, 2.75) is 18.7 Å². The average Bonchev–Trinajstić information content (AvgIpc) is 2.65. The number of piperazine rings is 1. The predicted molar refractivity (Wildman–Crippen MR) is 110 cm³/mol. The normalized spacial score (nSPS) is 16.1. The molecule has 6 nitrogen and oxygen atoms in total. The summed E-state index contributed by atoms with van der Waals surface area (Å²) >= 11 is 5.84. The van der Waals surface area contributed by atoms with Gasteiger partial charge in [-0.05, 0) is 49.7 Å². The fourth-order valence-electron chi connectivity index (χ4n) is 3.35. The van der Waals surface area contributed by atoms with Crippen LogP contribution in [0.3, 0.4) is 0 Å². The number of amides is 1. The Morgan fingerprint density at radius 1 is 1.11 bits per heavy atom. The van der Waals surface area contributed by atoms with E-state index in [2.05, 4.69) is 5.32 Å². The molecule has 0 spiro atoms. The first-order valence-electron chi connectivity index (χ1n) is 9.22. The van der Waals surface area contributed by atoms with Crippen molar-refractivity contribution in [2.75, 3.05) is 38.0 Å². The number of halogens is 1. The third kappa shape index (κ3) is 4.91. The van der Waals surface area contributed by atoms with Crippen LogP contribution in [0.2, 0.25) is 5.02 Å². The van der Waals surface area contributed by atoms with Gasteiger partial charge in [0.1, 0.15) is 0 Å². The van der Waals surface area contributed by atoms with Gasteiger partial charge in [-0.15, -0.1) is 0 Å². The van der Waals surface area contributed by atoms with Crippen LogP contribution in [0.4, 0.5) is 5.69 Å². The molecule has 1 aliphatic rings. The summed E-state index contributed by atoms with van der Waals surface area (Å²) in [6, 6.07) is 12.1. The molecule has 0 aromatic heterocycles. The average molecular weight is 423 g/mol. The molecule has 1 saturated heterocycles. The van der Waals surface area contributed by atoms with Crippen LogP contribution in [0.25, 0.3) is 0 Å². The predicted octanol–water partition coefficient (Wildman–Crippen LogP) is 1.48. The quantitative estimate of drug-likeness (QED) is 0.766. The second kappa shape index (κ2) is 8.61. The number of hydrogen-bond acceptors (Lipinski definition) is 3.